The number of imide groups is 1. The highest BCUT2D eigenvalue weighted by atomic mass is 16.6. The molecular formula is C12H20N2O5. The predicted octanol–water partition coefficient (Wildman–Crippen LogP) is 0.596. The summed E-state index contributed by atoms with van der Waals surface area (Å²) in [5, 5.41) is 9.20. The fourth-order valence-corrected chi connectivity index (χ4v) is 1.50. The first-order valence-corrected chi connectivity index (χ1v) is 5.93. The van der Waals surface area contributed by atoms with E-state index >= 15 is 0 Å². The molecule has 7 heteroatoms. The van der Waals surface area contributed by atoms with Crippen LogP contribution in [-0.4, -0.2) is 47.2 Å². The molecule has 0 aromatic carbocycles. The zero-order chi connectivity index (χ0) is 15.0. The fraction of sp³-hybridized carbons (Fsp3) is 0.583. The summed E-state index contributed by atoms with van der Waals surface area (Å²) in [6.07, 6.45) is 0.783. The average Bonchev–Trinajstić information content (AvgIpc) is 2.39. The molecule has 0 heterocycles. The van der Waals surface area contributed by atoms with Crippen molar-refractivity contribution < 1.29 is 24.2 Å². The van der Waals surface area contributed by atoms with Crippen LogP contribution in [0.3, 0.4) is 0 Å². The molecule has 2 atom stereocenters. The molecule has 0 aliphatic carbocycles. The molecule has 2 amide bonds. The van der Waals surface area contributed by atoms with E-state index < -0.39 is 36.5 Å². The van der Waals surface area contributed by atoms with Gasteiger partial charge in [0.2, 0.25) is 5.91 Å². The number of carbonyl (C=O) groups excluding carboxylic acids is 2. The summed E-state index contributed by atoms with van der Waals surface area (Å²) < 4.78 is 4.73. The Bertz CT molecular complexity index is 356. The van der Waals surface area contributed by atoms with Crippen LogP contribution in [0.2, 0.25) is 0 Å². The summed E-state index contributed by atoms with van der Waals surface area (Å²) >= 11 is 0. The minimum atomic E-state index is -1.29. The molecule has 3 N–H and O–H groups in total. The van der Waals surface area contributed by atoms with E-state index in [4.69, 9.17) is 10.5 Å². The van der Waals surface area contributed by atoms with E-state index in [9.17, 15) is 19.5 Å². The predicted molar refractivity (Wildman–Crippen MR) is 68.3 cm³/mol. The Hall–Kier alpha value is -1.89. The molecule has 0 saturated carbocycles. The minimum absolute atomic E-state index is 0.111. The molecule has 0 spiro atoms. The van der Waals surface area contributed by atoms with Crippen molar-refractivity contribution in [2.24, 2.45) is 11.7 Å². The van der Waals surface area contributed by atoms with Crippen LogP contribution in [0.5, 0.6) is 0 Å². The van der Waals surface area contributed by atoms with Gasteiger partial charge in [-0.05, 0) is 5.92 Å². The number of amides is 2. The number of carboxylic acid groups (broad SMARTS) is 1. The molecule has 0 rings (SSSR count). The summed E-state index contributed by atoms with van der Waals surface area (Å²) in [4.78, 5) is 35.3. The third-order valence-electron chi connectivity index (χ3n) is 2.68. The molecule has 0 aliphatic heterocycles. The monoisotopic (exact) mass is 272 g/mol. The SMILES string of the molecule is C=CCOC(=O)N(C(=O)CN)[C@H](C(=O)O)[C@@H](C)CC. The summed E-state index contributed by atoms with van der Waals surface area (Å²) in [6.45, 7) is 6.19. The Morgan fingerprint density at radius 2 is 2.05 bits per heavy atom. The average molecular weight is 272 g/mol. The quantitative estimate of drug-likeness (QED) is 0.656. The molecule has 108 valence electrons. The number of hydrogen-bond acceptors (Lipinski definition) is 5. The lowest BCUT2D eigenvalue weighted by Gasteiger charge is -2.29. The van der Waals surface area contributed by atoms with Crippen molar-refractivity contribution in [2.45, 2.75) is 26.3 Å². The van der Waals surface area contributed by atoms with Crippen molar-refractivity contribution in [3.05, 3.63) is 12.7 Å². The largest absolute Gasteiger partial charge is 0.480 e. The highest BCUT2D eigenvalue weighted by Crippen LogP contribution is 2.16. The second-order valence-electron chi connectivity index (χ2n) is 4.00. The number of hydrogen-bond donors (Lipinski definition) is 2. The van der Waals surface area contributed by atoms with Gasteiger partial charge in [-0.15, -0.1) is 0 Å². The van der Waals surface area contributed by atoms with Crippen molar-refractivity contribution in [1.29, 1.82) is 0 Å². The Balaban J connectivity index is 5.29. The zero-order valence-corrected chi connectivity index (χ0v) is 11.2. The van der Waals surface area contributed by atoms with Gasteiger partial charge in [0, 0.05) is 0 Å². The van der Waals surface area contributed by atoms with Gasteiger partial charge in [-0.25, -0.2) is 14.5 Å². The van der Waals surface area contributed by atoms with Gasteiger partial charge in [0.15, 0.2) is 0 Å². The fourth-order valence-electron chi connectivity index (χ4n) is 1.50. The number of carbonyl (C=O) groups is 3. The third-order valence-corrected chi connectivity index (χ3v) is 2.68. The van der Waals surface area contributed by atoms with Crippen LogP contribution in [-0.2, 0) is 14.3 Å². The second kappa shape index (κ2) is 8.25. The molecule has 0 bridgehead atoms. The van der Waals surface area contributed by atoms with Crippen LogP contribution >= 0.6 is 0 Å². The Labute approximate surface area is 112 Å². The van der Waals surface area contributed by atoms with Crippen LogP contribution in [0.4, 0.5) is 4.79 Å². The molecule has 0 aromatic heterocycles. The van der Waals surface area contributed by atoms with Crippen molar-refractivity contribution in [3.8, 4) is 0 Å². The topological polar surface area (TPSA) is 110 Å². The van der Waals surface area contributed by atoms with Gasteiger partial charge in [0.05, 0.1) is 6.54 Å². The molecular weight excluding hydrogens is 252 g/mol. The van der Waals surface area contributed by atoms with Crippen LogP contribution < -0.4 is 5.73 Å². The summed E-state index contributed by atoms with van der Waals surface area (Å²) in [6, 6.07) is -1.29. The lowest BCUT2D eigenvalue weighted by molar-refractivity contribution is -0.150. The van der Waals surface area contributed by atoms with Crippen LogP contribution in [0.1, 0.15) is 20.3 Å². The van der Waals surface area contributed by atoms with E-state index in [1.807, 2.05) is 0 Å². The van der Waals surface area contributed by atoms with E-state index in [-0.39, 0.29) is 6.61 Å². The minimum Gasteiger partial charge on any atom is -0.480 e. The lowest BCUT2D eigenvalue weighted by atomic mass is 9.98. The molecule has 19 heavy (non-hydrogen) atoms. The van der Waals surface area contributed by atoms with Gasteiger partial charge in [-0.3, -0.25) is 4.79 Å². The molecule has 0 aromatic rings. The van der Waals surface area contributed by atoms with Crippen LogP contribution in [0.15, 0.2) is 12.7 Å². The van der Waals surface area contributed by atoms with Gasteiger partial charge in [0.1, 0.15) is 12.6 Å². The van der Waals surface area contributed by atoms with Gasteiger partial charge in [-0.1, -0.05) is 32.9 Å². The highest BCUT2D eigenvalue weighted by Gasteiger charge is 2.38. The van der Waals surface area contributed by atoms with Gasteiger partial charge in [0.25, 0.3) is 0 Å². The van der Waals surface area contributed by atoms with E-state index in [1.165, 1.54) is 6.08 Å². The molecule has 0 aliphatic rings. The van der Waals surface area contributed by atoms with E-state index in [0.717, 1.165) is 0 Å². The lowest BCUT2D eigenvalue weighted by Crippen LogP contribution is -2.53. The van der Waals surface area contributed by atoms with Crippen LogP contribution in [0, 0.1) is 5.92 Å². The first-order chi connectivity index (χ1) is 8.90. The van der Waals surface area contributed by atoms with E-state index in [2.05, 4.69) is 6.58 Å². The van der Waals surface area contributed by atoms with Crippen molar-refractivity contribution in [1.82, 2.24) is 4.90 Å². The number of aliphatic carboxylic acids is 1. The number of nitrogens with zero attached hydrogens (tertiary/aromatic N) is 1. The maximum absolute atomic E-state index is 11.8. The standard InChI is InChI=1S/C12H20N2O5/c1-4-6-19-12(18)14(9(15)7-13)10(11(16)17)8(3)5-2/h4,8,10H,1,5-7,13H2,2-3H3,(H,16,17)/t8-,10-/m0/s1. The van der Waals surface area contributed by atoms with Crippen molar-refractivity contribution in [2.75, 3.05) is 13.2 Å². The summed E-state index contributed by atoms with van der Waals surface area (Å²) in [5.41, 5.74) is 5.21. The number of nitrogens with two attached hydrogens (primary N) is 1. The second-order valence-corrected chi connectivity index (χ2v) is 4.00. The maximum Gasteiger partial charge on any atom is 0.417 e. The Morgan fingerprint density at radius 1 is 1.47 bits per heavy atom. The van der Waals surface area contributed by atoms with Gasteiger partial charge in [-0.2, -0.15) is 0 Å². The van der Waals surface area contributed by atoms with Crippen molar-refractivity contribution >= 4 is 18.0 Å². The first-order valence-electron chi connectivity index (χ1n) is 5.93. The van der Waals surface area contributed by atoms with Gasteiger partial charge >= 0.3 is 12.1 Å². The Morgan fingerprint density at radius 3 is 2.42 bits per heavy atom. The number of rotatable bonds is 7. The molecule has 0 fully saturated rings. The molecule has 7 nitrogen and oxygen atoms in total. The smallest absolute Gasteiger partial charge is 0.417 e. The van der Waals surface area contributed by atoms with Gasteiger partial charge < -0.3 is 15.6 Å². The third kappa shape index (κ3) is 4.70. The molecule has 0 saturated heterocycles. The van der Waals surface area contributed by atoms with Crippen LogP contribution in [0.25, 0.3) is 0 Å². The maximum atomic E-state index is 11.8. The van der Waals surface area contributed by atoms with Crippen molar-refractivity contribution in [3.63, 3.8) is 0 Å². The molecule has 0 unspecified atom stereocenters. The summed E-state index contributed by atoms with van der Waals surface area (Å²) in [5.74, 6) is -2.47. The highest BCUT2D eigenvalue weighted by molar-refractivity contribution is 5.97. The van der Waals surface area contributed by atoms with E-state index in [0.29, 0.717) is 11.3 Å². The normalized spacial score (nSPS) is 13.2. The first kappa shape index (κ1) is 17.1. The zero-order valence-electron chi connectivity index (χ0n) is 11.2. The number of ether oxygens (including phenoxy) is 1. The number of carboxylic acids is 1. The molecule has 0 radical (unpaired) electrons. The summed E-state index contributed by atoms with van der Waals surface area (Å²) in [7, 11) is 0. The Kier molecular flexibility index (Phi) is 7.43. The van der Waals surface area contributed by atoms with E-state index in [1.54, 1.807) is 13.8 Å².